The average molecular weight is 282 g/mol. The minimum atomic E-state index is -0.107. The number of aliphatic hydroxyl groups is 1. The number of aliphatic hydroxyl groups excluding tert-OH is 1. The molecule has 1 rings (SSSR count). The number of Topliss-reactive ketones (excluding diaryl/α,β-unsaturated/α-hetero) is 1. The predicted molar refractivity (Wildman–Crippen MR) is 84.6 cm³/mol. The van der Waals surface area contributed by atoms with E-state index in [4.69, 9.17) is 0 Å². The van der Waals surface area contributed by atoms with Crippen molar-refractivity contribution in [2.24, 2.45) is 23.2 Å². The molecule has 1 saturated carbocycles. The van der Waals surface area contributed by atoms with E-state index in [2.05, 4.69) is 27.7 Å². The summed E-state index contributed by atoms with van der Waals surface area (Å²) < 4.78 is 0. The molecule has 0 bridgehead atoms. The van der Waals surface area contributed by atoms with E-state index >= 15 is 0 Å². The van der Waals surface area contributed by atoms with Gasteiger partial charge in [-0.25, -0.2) is 0 Å². The largest absolute Gasteiger partial charge is 0.393 e. The molecule has 0 spiro atoms. The summed E-state index contributed by atoms with van der Waals surface area (Å²) in [5.74, 6) is 2.37. The zero-order valence-corrected chi connectivity index (χ0v) is 14.1. The van der Waals surface area contributed by atoms with Gasteiger partial charge in [0.1, 0.15) is 5.78 Å². The van der Waals surface area contributed by atoms with Gasteiger partial charge in [-0.05, 0) is 55.8 Å². The second-order valence-electron chi connectivity index (χ2n) is 7.94. The molecule has 0 aliphatic heterocycles. The Bertz CT molecular complexity index is 309. The molecule has 118 valence electrons. The highest BCUT2D eigenvalue weighted by molar-refractivity contribution is 5.75. The van der Waals surface area contributed by atoms with Gasteiger partial charge in [0.15, 0.2) is 0 Å². The number of hydrogen-bond acceptors (Lipinski definition) is 2. The Hall–Kier alpha value is -0.370. The topological polar surface area (TPSA) is 37.3 Å². The first kappa shape index (κ1) is 17.7. The van der Waals surface area contributed by atoms with Crippen molar-refractivity contribution in [3.63, 3.8) is 0 Å². The van der Waals surface area contributed by atoms with E-state index in [0.29, 0.717) is 17.6 Å². The molecular weight excluding hydrogens is 248 g/mol. The fourth-order valence-electron chi connectivity index (χ4n) is 4.19. The Labute approximate surface area is 125 Å². The molecule has 0 aromatic carbocycles. The monoisotopic (exact) mass is 282 g/mol. The van der Waals surface area contributed by atoms with Gasteiger partial charge in [0.2, 0.25) is 0 Å². The van der Waals surface area contributed by atoms with Gasteiger partial charge in [-0.3, -0.25) is 0 Å². The summed E-state index contributed by atoms with van der Waals surface area (Å²) >= 11 is 0. The SMILES string of the molecule is CC(=O)CCC[C@H](C)CC[C@H]1[C@H](C)C[C@H](O)CC1(C)C. The van der Waals surface area contributed by atoms with Gasteiger partial charge >= 0.3 is 0 Å². The molecule has 1 aliphatic rings. The van der Waals surface area contributed by atoms with Gasteiger partial charge in [0.25, 0.3) is 0 Å². The molecule has 2 nitrogen and oxygen atoms in total. The predicted octanol–water partition coefficient (Wildman–Crippen LogP) is 4.60. The molecule has 0 saturated heterocycles. The highest BCUT2D eigenvalue weighted by Gasteiger charge is 2.40. The Balaban J connectivity index is 2.37. The summed E-state index contributed by atoms with van der Waals surface area (Å²) in [7, 11) is 0. The molecule has 0 radical (unpaired) electrons. The minimum Gasteiger partial charge on any atom is -0.393 e. The van der Waals surface area contributed by atoms with Crippen molar-refractivity contribution in [3.8, 4) is 0 Å². The van der Waals surface area contributed by atoms with Crippen LogP contribution in [0, 0.1) is 23.2 Å². The first-order chi connectivity index (χ1) is 9.22. The van der Waals surface area contributed by atoms with Crippen molar-refractivity contribution < 1.29 is 9.90 Å². The standard InChI is InChI=1S/C18H34O2/c1-13(7-6-8-15(3)19)9-10-17-14(2)11-16(20)12-18(17,4)5/h13-14,16-17,20H,6-12H2,1-5H3/t13-,14+,16-,17-/m0/s1. The summed E-state index contributed by atoms with van der Waals surface area (Å²) in [5, 5.41) is 9.95. The first-order valence-corrected chi connectivity index (χ1v) is 8.40. The summed E-state index contributed by atoms with van der Waals surface area (Å²) in [6.07, 6.45) is 7.27. The third-order valence-electron chi connectivity index (χ3n) is 5.29. The van der Waals surface area contributed by atoms with Crippen molar-refractivity contribution >= 4 is 5.78 Å². The highest BCUT2D eigenvalue weighted by atomic mass is 16.3. The molecule has 0 aromatic heterocycles. The zero-order valence-electron chi connectivity index (χ0n) is 14.1. The average Bonchev–Trinajstić information content (AvgIpc) is 2.25. The maximum Gasteiger partial charge on any atom is 0.129 e. The number of hydrogen-bond donors (Lipinski definition) is 1. The maximum absolute atomic E-state index is 11.0. The van der Waals surface area contributed by atoms with Crippen LogP contribution in [0.25, 0.3) is 0 Å². The van der Waals surface area contributed by atoms with Crippen LogP contribution in [0.1, 0.15) is 79.6 Å². The number of carbonyl (C=O) groups excluding carboxylic acids is 1. The Morgan fingerprint density at radius 2 is 2.00 bits per heavy atom. The molecule has 1 N–H and O–H groups in total. The molecule has 0 aromatic rings. The fourth-order valence-corrected chi connectivity index (χ4v) is 4.19. The maximum atomic E-state index is 11.0. The minimum absolute atomic E-state index is 0.107. The summed E-state index contributed by atoms with van der Waals surface area (Å²) in [4.78, 5) is 11.0. The number of carbonyl (C=O) groups is 1. The molecule has 20 heavy (non-hydrogen) atoms. The molecule has 2 heteroatoms. The van der Waals surface area contributed by atoms with Crippen LogP contribution in [-0.2, 0) is 4.79 Å². The normalized spacial score (nSPS) is 31.0. The summed E-state index contributed by atoms with van der Waals surface area (Å²) in [6.45, 7) is 10.9. The Morgan fingerprint density at radius 3 is 2.55 bits per heavy atom. The summed E-state index contributed by atoms with van der Waals surface area (Å²) in [5.41, 5.74) is 0.260. The van der Waals surface area contributed by atoms with E-state index in [-0.39, 0.29) is 11.5 Å². The van der Waals surface area contributed by atoms with Crippen molar-refractivity contribution in [3.05, 3.63) is 0 Å². The molecule has 1 fully saturated rings. The molecule has 0 unspecified atom stereocenters. The summed E-state index contributed by atoms with van der Waals surface area (Å²) in [6, 6.07) is 0. The van der Waals surface area contributed by atoms with E-state index in [1.165, 1.54) is 19.3 Å². The smallest absolute Gasteiger partial charge is 0.129 e. The lowest BCUT2D eigenvalue weighted by Crippen LogP contribution is -2.40. The second-order valence-corrected chi connectivity index (χ2v) is 7.94. The Morgan fingerprint density at radius 1 is 1.35 bits per heavy atom. The zero-order chi connectivity index (χ0) is 15.3. The van der Waals surface area contributed by atoms with E-state index in [1.807, 2.05) is 0 Å². The first-order valence-electron chi connectivity index (χ1n) is 8.40. The lowest BCUT2D eigenvalue weighted by molar-refractivity contribution is -0.117. The molecule has 1 aliphatic carbocycles. The van der Waals surface area contributed by atoms with Crippen molar-refractivity contribution in [1.82, 2.24) is 0 Å². The van der Waals surface area contributed by atoms with Crippen LogP contribution in [0.4, 0.5) is 0 Å². The third kappa shape index (κ3) is 5.55. The highest BCUT2D eigenvalue weighted by Crippen LogP contribution is 2.46. The molecule has 0 amide bonds. The van der Waals surface area contributed by atoms with Crippen molar-refractivity contribution in [2.75, 3.05) is 0 Å². The van der Waals surface area contributed by atoms with Crippen LogP contribution < -0.4 is 0 Å². The van der Waals surface area contributed by atoms with Crippen LogP contribution in [0.5, 0.6) is 0 Å². The fraction of sp³-hybridized carbons (Fsp3) is 0.944. The second kappa shape index (κ2) is 7.59. The van der Waals surface area contributed by atoms with Gasteiger partial charge < -0.3 is 9.90 Å². The molecule has 4 atom stereocenters. The van der Waals surface area contributed by atoms with E-state index in [9.17, 15) is 9.90 Å². The number of rotatable bonds is 7. The van der Waals surface area contributed by atoms with Crippen LogP contribution in [0.3, 0.4) is 0 Å². The van der Waals surface area contributed by atoms with Crippen molar-refractivity contribution in [2.45, 2.75) is 85.7 Å². The van der Waals surface area contributed by atoms with Crippen LogP contribution in [-0.4, -0.2) is 17.0 Å². The quantitative estimate of drug-likeness (QED) is 0.741. The molecular formula is C18H34O2. The van der Waals surface area contributed by atoms with Gasteiger partial charge in [0.05, 0.1) is 6.10 Å². The van der Waals surface area contributed by atoms with Gasteiger partial charge in [-0.2, -0.15) is 0 Å². The molecule has 0 heterocycles. The van der Waals surface area contributed by atoms with E-state index in [1.54, 1.807) is 6.92 Å². The lowest BCUT2D eigenvalue weighted by Gasteiger charge is -2.45. The van der Waals surface area contributed by atoms with E-state index < -0.39 is 0 Å². The van der Waals surface area contributed by atoms with Crippen molar-refractivity contribution in [1.29, 1.82) is 0 Å². The van der Waals surface area contributed by atoms with Crippen LogP contribution >= 0.6 is 0 Å². The Kier molecular flexibility index (Phi) is 6.71. The van der Waals surface area contributed by atoms with Gasteiger partial charge in [0, 0.05) is 6.42 Å². The van der Waals surface area contributed by atoms with Gasteiger partial charge in [-0.15, -0.1) is 0 Å². The van der Waals surface area contributed by atoms with E-state index in [0.717, 1.165) is 31.6 Å². The van der Waals surface area contributed by atoms with Gasteiger partial charge in [-0.1, -0.05) is 40.5 Å². The van der Waals surface area contributed by atoms with Crippen LogP contribution in [0.2, 0.25) is 0 Å². The number of ketones is 1. The third-order valence-corrected chi connectivity index (χ3v) is 5.29. The van der Waals surface area contributed by atoms with Crippen LogP contribution in [0.15, 0.2) is 0 Å². The lowest BCUT2D eigenvalue weighted by atomic mass is 9.61.